The Balaban J connectivity index is 2.52. The minimum atomic E-state index is -1.20. The van der Waals surface area contributed by atoms with E-state index in [0.717, 1.165) is 5.56 Å². The van der Waals surface area contributed by atoms with Crippen LogP contribution in [0.1, 0.15) is 37.1 Å². The predicted molar refractivity (Wildman–Crippen MR) is 87.2 cm³/mol. The zero-order valence-corrected chi connectivity index (χ0v) is 13.3. The van der Waals surface area contributed by atoms with Crippen LogP contribution in [0.4, 0.5) is 11.8 Å². The number of nitrogens with zero attached hydrogens (tertiary/aromatic N) is 2. The van der Waals surface area contributed by atoms with Crippen molar-refractivity contribution < 1.29 is 14.6 Å². The van der Waals surface area contributed by atoms with Gasteiger partial charge in [-0.15, -0.1) is 0 Å². The minimum absolute atomic E-state index is 0.0618. The highest BCUT2D eigenvalue weighted by molar-refractivity contribution is 5.53. The Morgan fingerprint density at radius 1 is 1.09 bits per heavy atom. The molecule has 0 fully saturated rings. The first-order chi connectivity index (χ1) is 10.8. The SMILES string of the molecule is COc1cc(C(C)C)c(Oc2cnc(N)nc2N)cc1C(N)O. The summed E-state index contributed by atoms with van der Waals surface area (Å²) in [6.07, 6.45) is 0.193. The lowest BCUT2D eigenvalue weighted by Gasteiger charge is -2.19. The molecule has 1 atom stereocenters. The second-order valence-corrected chi connectivity index (χ2v) is 5.31. The third kappa shape index (κ3) is 3.61. The standard InChI is InChI=1S/C15H21N5O3/c1-7(2)8-4-10(22-3)9(14(17)21)5-11(8)23-12-6-19-15(18)20-13(12)16/h4-7,14,21H,17H2,1-3H3,(H4,16,18,19,20). The fourth-order valence-corrected chi connectivity index (χ4v) is 2.13. The summed E-state index contributed by atoms with van der Waals surface area (Å²) in [5, 5.41) is 9.72. The first-order valence-corrected chi connectivity index (χ1v) is 7.04. The second kappa shape index (κ2) is 6.67. The number of nitrogens with two attached hydrogens (primary N) is 3. The lowest BCUT2D eigenvalue weighted by Crippen LogP contribution is -2.11. The van der Waals surface area contributed by atoms with E-state index < -0.39 is 6.23 Å². The predicted octanol–water partition coefficient (Wildman–Crippen LogP) is 1.51. The van der Waals surface area contributed by atoms with Crippen molar-refractivity contribution in [2.75, 3.05) is 18.6 Å². The summed E-state index contributed by atoms with van der Waals surface area (Å²) in [6, 6.07) is 3.40. The van der Waals surface area contributed by atoms with Crippen LogP contribution in [0.2, 0.25) is 0 Å². The summed E-state index contributed by atoms with van der Waals surface area (Å²) in [5.41, 5.74) is 18.1. The molecule has 0 amide bonds. The fraction of sp³-hybridized carbons (Fsp3) is 0.333. The summed E-state index contributed by atoms with van der Waals surface area (Å²) in [4.78, 5) is 7.72. The maximum absolute atomic E-state index is 9.72. The van der Waals surface area contributed by atoms with Crippen molar-refractivity contribution in [2.24, 2.45) is 5.73 Å². The van der Waals surface area contributed by atoms with Crippen molar-refractivity contribution in [3.05, 3.63) is 29.5 Å². The van der Waals surface area contributed by atoms with Gasteiger partial charge in [-0.25, -0.2) is 4.98 Å². The van der Waals surface area contributed by atoms with Crippen molar-refractivity contribution >= 4 is 11.8 Å². The van der Waals surface area contributed by atoms with E-state index in [1.54, 1.807) is 12.1 Å². The van der Waals surface area contributed by atoms with Crippen LogP contribution < -0.4 is 26.7 Å². The van der Waals surface area contributed by atoms with Crippen molar-refractivity contribution in [1.29, 1.82) is 0 Å². The van der Waals surface area contributed by atoms with Crippen molar-refractivity contribution in [1.82, 2.24) is 9.97 Å². The molecular weight excluding hydrogens is 298 g/mol. The fourth-order valence-electron chi connectivity index (χ4n) is 2.13. The molecule has 0 aliphatic rings. The van der Waals surface area contributed by atoms with Gasteiger partial charge in [-0.1, -0.05) is 13.8 Å². The summed E-state index contributed by atoms with van der Waals surface area (Å²) in [5.74, 6) is 1.56. The van der Waals surface area contributed by atoms with E-state index >= 15 is 0 Å². The van der Waals surface area contributed by atoms with Gasteiger partial charge in [0.2, 0.25) is 5.95 Å². The molecule has 7 N–H and O–H groups in total. The summed E-state index contributed by atoms with van der Waals surface area (Å²) < 4.78 is 11.1. The molecule has 0 aliphatic carbocycles. The Hall–Kier alpha value is -2.58. The Kier molecular flexibility index (Phi) is 4.87. The number of anilines is 2. The van der Waals surface area contributed by atoms with Crippen molar-refractivity contribution in [3.63, 3.8) is 0 Å². The number of methoxy groups -OCH3 is 1. The molecule has 0 bridgehead atoms. The number of hydrogen-bond acceptors (Lipinski definition) is 8. The summed E-state index contributed by atoms with van der Waals surface area (Å²) in [7, 11) is 1.51. The monoisotopic (exact) mass is 319 g/mol. The molecule has 1 aromatic heterocycles. The van der Waals surface area contributed by atoms with Crippen LogP contribution >= 0.6 is 0 Å². The van der Waals surface area contributed by atoms with Gasteiger partial charge in [0.15, 0.2) is 11.6 Å². The van der Waals surface area contributed by atoms with E-state index in [9.17, 15) is 5.11 Å². The normalized spacial score (nSPS) is 12.3. The second-order valence-electron chi connectivity index (χ2n) is 5.31. The number of rotatable bonds is 5. The van der Waals surface area contributed by atoms with Crippen LogP contribution in [-0.4, -0.2) is 22.2 Å². The van der Waals surface area contributed by atoms with E-state index in [1.165, 1.54) is 13.3 Å². The largest absolute Gasteiger partial charge is 0.496 e. The van der Waals surface area contributed by atoms with Crippen LogP contribution in [-0.2, 0) is 0 Å². The van der Waals surface area contributed by atoms with Gasteiger partial charge in [-0.2, -0.15) is 4.98 Å². The molecule has 8 nitrogen and oxygen atoms in total. The maximum Gasteiger partial charge on any atom is 0.222 e. The molecule has 1 aromatic carbocycles. The summed E-state index contributed by atoms with van der Waals surface area (Å²) >= 11 is 0. The third-order valence-electron chi connectivity index (χ3n) is 3.32. The Bertz CT molecular complexity index is 704. The van der Waals surface area contributed by atoms with E-state index in [4.69, 9.17) is 26.7 Å². The molecule has 124 valence electrons. The van der Waals surface area contributed by atoms with E-state index in [-0.39, 0.29) is 23.4 Å². The Labute approximate surface area is 134 Å². The number of ether oxygens (including phenoxy) is 2. The highest BCUT2D eigenvalue weighted by Gasteiger charge is 2.18. The highest BCUT2D eigenvalue weighted by atomic mass is 16.5. The molecule has 1 heterocycles. The zero-order valence-electron chi connectivity index (χ0n) is 13.3. The Morgan fingerprint density at radius 2 is 1.74 bits per heavy atom. The van der Waals surface area contributed by atoms with E-state index in [0.29, 0.717) is 17.1 Å². The van der Waals surface area contributed by atoms with Crippen LogP contribution in [0.25, 0.3) is 0 Å². The molecule has 8 heteroatoms. The molecular formula is C15H21N5O3. The van der Waals surface area contributed by atoms with Gasteiger partial charge in [0.1, 0.15) is 17.7 Å². The number of hydrogen-bond donors (Lipinski definition) is 4. The quantitative estimate of drug-likeness (QED) is 0.607. The molecule has 23 heavy (non-hydrogen) atoms. The summed E-state index contributed by atoms with van der Waals surface area (Å²) in [6.45, 7) is 4.01. The average Bonchev–Trinajstić information content (AvgIpc) is 2.49. The molecule has 0 saturated heterocycles. The Morgan fingerprint density at radius 3 is 2.26 bits per heavy atom. The minimum Gasteiger partial charge on any atom is -0.496 e. The molecule has 0 saturated carbocycles. The number of aromatic nitrogens is 2. The van der Waals surface area contributed by atoms with Crippen LogP contribution in [0.5, 0.6) is 17.2 Å². The lowest BCUT2D eigenvalue weighted by molar-refractivity contribution is 0.181. The third-order valence-corrected chi connectivity index (χ3v) is 3.32. The van der Waals surface area contributed by atoms with Gasteiger partial charge < -0.3 is 31.8 Å². The van der Waals surface area contributed by atoms with Gasteiger partial charge in [0.25, 0.3) is 0 Å². The van der Waals surface area contributed by atoms with Gasteiger partial charge in [-0.05, 0) is 18.1 Å². The number of benzene rings is 1. The van der Waals surface area contributed by atoms with Crippen LogP contribution in [0.3, 0.4) is 0 Å². The number of aliphatic hydroxyl groups is 1. The molecule has 1 unspecified atom stereocenters. The molecule has 2 aromatic rings. The average molecular weight is 319 g/mol. The van der Waals surface area contributed by atoms with Gasteiger partial charge in [-0.3, -0.25) is 0 Å². The van der Waals surface area contributed by atoms with E-state index in [1.807, 2.05) is 13.8 Å². The first-order valence-electron chi connectivity index (χ1n) is 7.04. The molecule has 0 spiro atoms. The van der Waals surface area contributed by atoms with Crippen molar-refractivity contribution in [2.45, 2.75) is 26.0 Å². The lowest BCUT2D eigenvalue weighted by atomic mass is 9.99. The van der Waals surface area contributed by atoms with Crippen LogP contribution in [0, 0.1) is 0 Å². The smallest absolute Gasteiger partial charge is 0.222 e. The van der Waals surface area contributed by atoms with Gasteiger partial charge >= 0.3 is 0 Å². The maximum atomic E-state index is 9.72. The highest BCUT2D eigenvalue weighted by Crippen LogP contribution is 2.38. The first kappa shape index (κ1) is 16.8. The zero-order chi connectivity index (χ0) is 17.1. The number of nitrogen functional groups attached to an aromatic ring is 2. The number of aliphatic hydroxyl groups excluding tert-OH is 1. The molecule has 0 radical (unpaired) electrons. The molecule has 2 rings (SSSR count). The molecule has 0 aliphatic heterocycles. The van der Waals surface area contributed by atoms with Crippen molar-refractivity contribution in [3.8, 4) is 17.2 Å². The van der Waals surface area contributed by atoms with E-state index in [2.05, 4.69) is 9.97 Å². The van der Waals surface area contributed by atoms with Crippen LogP contribution in [0.15, 0.2) is 18.3 Å². The topological polar surface area (TPSA) is 143 Å². The van der Waals surface area contributed by atoms with Gasteiger partial charge in [0, 0.05) is 11.1 Å². The van der Waals surface area contributed by atoms with Gasteiger partial charge in [0.05, 0.1) is 13.3 Å².